The number of carbonyl (C=O) groups excluding carboxylic acids is 2. The summed E-state index contributed by atoms with van der Waals surface area (Å²) in [5, 5.41) is 16.8. The van der Waals surface area contributed by atoms with E-state index in [1.165, 1.54) is 0 Å². The van der Waals surface area contributed by atoms with Crippen LogP contribution in [-0.2, 0) is 10.3 Å². The van der Waals surface area contributed by atoms with Gasteiger partial charge in [0.2, 0.25) is 0 Å². The number of aryl methyl sites for hydroxylation is 1. The SMILES string of the molecule is CCN(CCC#N)c1ccc(/C=N\N2C(=O)N[C@](CC)(c3ccccc3)C2=O)c(C)c1. The first kappa shape index (κ1) is 22.0. The van der Waals surface area contributed by atoms with Crippen molar-refractivity contribution in [1.82, 2.24) is 10.3 Å². The van der Waals surface area contributed by atoms with E-state index in [0.717, 1.165) is 33.9 Å². The number of urea groups is 1. The number of hydrazone groups is 1. The molecule has 7 nitrogen and oxygen atoms in total. The van der Waals surface area contributed by atoms with Crippen LogP contribution in [0.3, 0.4) is 0 Å². The highest BCUT2D eigenvalue weighted by Gasteiger charge is 2.51. The molecule has 3 rings (SSSR count). The summed E-state index contributed by atoms with van der Waals surface area (Å²) in [7, 11) is 0. The van der Waals surface area contributed by atoms with Gasteiger partial charge in [-0.1, -0.05) is 43.3 Å². The Morgan fingerprint density at radius 2 is 1.94 bits per heavy atom. The van der Waals surface area contributed by atoms with Gasteiger partial charge in [-0.25, -0.2) is 4.79 Å². The van der Waals surface area contributed by atoms with E-state index in [2.05, 4.69) is 21.4 Å². The number of carbonyl (C=O) groups is 2. The van der Waals surface area contributed by atoms with Crippen LogP contribution in [0.1, 0.15) is 43.4 Å². The second-order valence-corrected chi connectivity index (χ2v) is 7.45. The maximum Gasteiger partial charge on any atom is 0.346 e. The monoisotopic (exact) mass is 417 g/mol. The van der Waals surface area contributed by atoms with Crippen LogP contribution in [-0.4, -0.2) is 36.3 Å². The lowest BCUT2D eigenvalue weighted by Crippen LogP contribution is -2.43. The smallest absolute Gasteiger partial charge is 0.346 e. The van der Waals surface area contributed by atoms with E-state index in [0.29, 0.717) is 19.4 Å². The maximum absolute atomic E-state index is 13.2. The largest absolute Gasteiger partial charge is 0.371 e. The van der Waals surface area contributed by atoms with E-state index in [9.17, 15) is 9.59 Å². The molecule has 0 saturated carbocycles. The molecule has 3 amide bonds. The number of rotatable bonds is 8. The van der Waals surface area contributed by atoms with Gasteiger partial charge in [-0.2, -0.15) is 10.4 Å². The number of imide groups is 1. The Hall–Kier alpha value is -3.66. The first-order valence-corrected chi connectivity index (χ1v) is 10.5. The number of hydrogen-bond acceptors (Lipinski definition) is 5. The number of anilines is 1. The Labute approximate surface area is 183 Å². The van der Waals surface area contributed by atoms with Crippen molar-refractivity contribution in [3.63, 3.8) is 0 Å². The number of nitriles is 1. The van der Waals surface area contributed by atoms with Crippen molar-refractivity contribution in [2.75, 3.05) is 18.0 Å². The van der Waals surface area contributed by atoms with Crippen molar-refractivity contribution in [3.05, 3.63) is 65.2 Å². The summed E-state index contributed by atoms with van der Waals surface area (Å²) in [5.41, 5.74) is 2.45. The minimum absolute atomic E-state index is 0.384. The maximum atomic E-state index is 13.2. The van der Waals surface area contributed by atoms with E-state index in [1.807, 2.05) is 69.3 Å². The summed E-state index contributed by atoms with van der Waals surface area (Å²) >= 11 is 0. The fraction of sp³-hybridized carbons (Fsp3) is 0.333. The van der Waals surface area contributed by atoms with E-state index in [1.54, 1.807) is 6.21 Å². The summed E-state index contributed by atoms with van der Waals surface area (Å²) in [6.45, 7) is 7.34. The third kappa shape index (κ3) is 4.29. The Morgan fingerprint density at radius 1 is 1.19 bits per heavy atom. The third-order valence-corrected chi connectivity index (χ3v) is 5.67. The number of benzene rings is 2. The van der Waals surface area contributed by atoms with E-state index in [-0.39, 0.29) is 5.91 Å². The van der Waals surface area contributed by atoms with Crippen LogP contribution in [0.15, 0.2) is 53.6 Å². The lowest BCUT2D eigenvalue weighted by molar-refractivity contribution is -0.131. The van der Waals surface area contributed by atoms with Gasteiger partial charge in [0, 0.05) is 18.8 Å². The Bertz CT molecular complexity index is 1030. The Morgan fingerprint density at radius 3 is 2.55 bits per heavy atom. The van der Waals surface area contributed by atoms with Gasteiger partial charge in [0.15, 0.2) is 0 Å². The summed E-state index contributed by atoms with van der Waals surface area (Å²) in [6.07, 6.45) is 2.43. The highest BCUT2D eigenvalue weighted by molar-refractivity contribution is 6.07. The predicted molar refractivity (Wildman–Crippen MR) is 121 cm³/mol. The Kier molecular flexibility index (Phi) is 6.71. The van der Waals surface area contributed by atoms with Gasteiger partial charge in [0.05, 0.1) is 18.7 Å². The molecule has 2 aromatic rings. The molecule has 31 heavy (non-hydrogen) atoms. The molecule has 0 aromatic heterocycles. The van der Waals surface area contributed by atoms with E-state index < -0.39 is 11.6 Å². The molecular weight excluding hydrogens is 390 g/mol. The summed E-state index contributed by atoms with van der Waals surface area (Å²) < 4.78 is 0. The van der Waals surface area contributed by atoms with Crippen LogP contribution in [0.25, 0.3) is 0 Å². The molecule has 1 N–H and O–H groups in total. The molecular formula is C24H27N5O2. The zero-order chi connectivity index (χ0) is 22.4. The van der Waals surface area contributed by atoms with Gasteiger partial charge in [-0.3, -0.25) is 4.79 Å². The van der Waals surface area contributed by atoms with Crippen LogP contribution in [0.4, 0.5) is 10.5 Å². The fourth-order valence-electron chi connectivity index (χ4n) is 3.81. The number of nitrogens with one attached hydrogen (secondary N) is 1. The molecule has 160 valence electrons. The predicted octanol–water partition coefficient (Wildman–Crippen LogP) is 3.93. The van der Waals surface area contributed by atoms with Gasteiger partial charge in [0.1, 0.15) is 5.54 Å². The first-order valence-electron chi connectivity index (χ1n) is 10.5. The lowest BCUT2D eigenvalue weighted by atomic mass is 9.87. The van der Waals surface area contributed by atoms with Crippen molar-refractivity contribution in [2.24, 2.45) is 5.10 Å². The Balaban J connectivity index is 1.82. The molecule has 1 saturated heterocycles. The van der Waals surface area contributed by atoms with E-state index in [4.69, 9.17) is 5.26 Å². The van der Waals surface area contributed by atoms with Crippen molar-refractivity contribution < 1.29 is 9.59 Å². The molecule has 0 unspecified atom stereocenters. The summed E-state index contributed by atoms with van der Waals surface area (Å²) in [4.78, 5) is 27.9. The molecule has 7 heteroatoms. The third-order valence-electron chi connectivity index (χ3n) is 5.67. The second-order valence-electron chi connectivity index (χ2n) is 7.45. The molecule has 1 aliphatic heterocycles. The molecule has 0 spiro atoms. The standard InChI is InChI=1S/C24H27N5O2/c1-4-24(20-10-7-6-8-11-20)22(30)29(23(31)27-24)26-17-19-12-13-21(16-18(19)3)28(5-2)15-9-14-25/h6-8,10-13,16-17H,4-5,9,15H2,1-3H3,(H,27,31)/b26-17-/t24-/m1/s1. The summed E-state index contributed by atoms with van der Waals surface area (Å²) in [6, 6.07) is 16.8. The average molecular weight is 418 g/mol. The van der Waals surface area contributed by atoms with Gasteiger partial charge >= 0.3 is 6.03 Å². The van der Waals surface area contributed by atoms with Crippen LogP contribution >= 0.6 is 0 Å². The summed E-state index contributed by atoms with van der Waals surface area (Å²) in [5.74, 6) is -0.384. The highest BCUT2D eigenvalue weighted by Crippen LogP contribution is 2.32. The first-order chi connectivity index (χ1) is 15.0. The lowest BCUT2D eigenvalue weighted by Gasteiger charge is -2.24. The quantitative estimate of drug-likeness (QED) is 0.521. The normalized spacial score (nSPS) is 18.3. The number of nitrogens with zero attached hydrogens (tertiary/aromatic N) is 4. The minimum Gasteiger partial charge on any atom is -0.371 e. The van der Waals surface area contributed by atoms with Crippen LogP contribution in [0.2, 0.25) is 0 Å². The van der Waals surface area contributed by atoms with Crippen molar-refractivity contribution in [3.8, 4) is 6.07 Å². The van der Waals surface area contributed by atoms with Gasteiger partial charge < -0.3 is 10.2 Å². The number of hydrogen-bond donors (Lipinski definition) is 1. The van der Waals surface area contributed by atoms with Crippen LogP contribution in [0.5, 0.6) is 0 Å². The van der Waals surface area contributed by atoms with Crippen molar-refractivity contribution >= 4 is 23.8 Å². The molecule has 0 aliphatic carbocycles. The van der Waals surface area contributed by atoms with E-state index >= 15 is 0 Å². The average Bonchev–Trinajstić information content (AvgIpc) is 3.04. The topological polar surface area (TPSA) is 88.8 Å². The van der Waals surface area contributed by atoms with Crippen molar-refractivity contribution in [1.29, 1.82) is 5.26 Å². The van der Waals surface area contributed by atoms with Crippen LogP contribution < -0.4 is 10.2 Å². The minimum atomic E-state index is -1.10. The fourth-order valence-corrected chi connectivity index (χ4v) is 3.81. The molecule has 1 atom stereocenters. The molecule has 1 heterocycles. The second kappa shape index (κ2) is 9.43. The molecule has 2 aromatic carbocycles. The van der Waals surface area contributed by atoms with Crippen LogP contribution in [0, 0.1) is 18.3 Å². The van der Waals surface area contributed by atoms with Crippen molar-refractivity contribution in [2.45, 2.75) is 39.2 Å². The van der Waals surface area contributed by atoms with Gasteiger partial charge in [-0.15, -0.1) is 5.01 Å². The molecule has 0 radical (unpaired) electrons. The zero-order valence-corrected chi connectivity index (χ0v) is 18.1. The molecule has 0 bridgehead atoms. The molecule has 1 aliphatic rings. The van der Waals surface area contributed by atoms with Gasteiger partial charge in [0.25, 0.3) is 5.91 Å². The zero-order valence-electron chi connectivity index (χ0n) is 18.1. The van der Waals surface area contributed by atoms with Gasteiger partial charge in [-0.05, 0) is 49.1 Å². The number of amides is 3. The molecule has 1 fully saturated rings. The highest BCUT2D eigenvalue weighted by atomic mass is 16.2.